The van der Waals surface area contributed by atoms with E-state index in [1.807, 2.05) is 23.1 Å². The van der Waals surface area contributed by atoms with Crippen molar-refractivity contribution in [1.29, 1.82) is 0 Å². The van der Waals surface area contributed by atoms with Crippen LogP contribution in [0.25, 0.3) is 10.2 Å². The first-order valence-corrected chi connectivity index (χ1v) is 11.4. The van der Waals surface area contributed by atoms with Crippen LogP contribution in [-0.2, 0) is 22.6 Å². The fraction of sp³-hybridized carbons (Fsp3) is 0.571. The molecule has 0 aliphatic carbocycles. The molecule has 2 saturated heterocycles. The van der Waals surface area contributed by atoms with Crippen molar-refractivity contribution in [2.75, 3.05) is 50.9 Å². The van der Waals surface area contributed by atoms with Gasteiger partial charge in [-0.15, -0.1) is 11.3 Å². The number of rotatable bonds is 5. The molecule has 8 nitrogen and oxygen atoms in total. The summed E-state index contributed by atoms with van der Waals surface area (Å²) < 4.78 is 13.5. The van der Waals surface area contributed by atoms with Crippen molar-refractivity contribution >= 4 is 27.4 Å². The van der Waals surface area contributed by atoms with E-state index in [2.05, 4.69) is 28.7 Å². The maximum atomic E-state index is 6.04. The van der Waals surface area contributed by atoms with Gasteiger partial charge < -0.3 is 14.4 Å². The van der Waals surface area contributed by atoms with E-state index in [4.69, 9.17) is 19.4 Å². The monoisotopic (exact) mass is 428 g/mol. The van der Waals surface area contributed by atoms with Crippen LogP contribution in [0, 0.1) is 13.8 Å². The summed E-state index contributed by atoms with van der Waals surface area (Å²) in [5.41, 5.74) is 1.29. The first-order chi connectivity index (χ1) is 14.7. The molecule has 2 aliphatic rings. The predicted molar refractivity (Wildman–Crippen MR) is 117 cm³/mol. The van der Waals surface area contributed by atoms with Gasteiger partial charge in [-0.25, -0.2) is 9.97 Å². The molecule has 5 rings (SSSR count). The number of ether oxygens (including phenoxy) is 2. The number of morpholine rings is 2. The molecule has 0 aromatic carbocycles. The van der Waals surface area contributed by atoms with Gasteiger partial charge in [-0.05, 0) is 25.5 Å². The molecule has 2 fully saturated rings. The lowest BCUT2D eigenvalue weighted by Gasteiger charge is -2.34. The number of thiophene rings is 1. The molecule has 0 spiro atoms. The van der Waals surface area contributed by atoms with Crippen molar-refractivity contribution < 1.29 is 9.47 Å². The first kappa shape index (κ1) is 19.9. The lowest BCUT2D eigenvalue weighted by molar-refractivity contribution is 0.0270. The van der Waals surface area contributed by atoms with Crippen LogP contribution < -0.4 is 4.90 Å². The van der Waals surface area contributed by atoms with Gasteiger partial charge in [0.05, 0.1) is 44.4 Å². The number of hydrogen-bond acceptors (Lipinski definition) is 8. The summed E-state index contributed by atoms with van der Waals surface area (Å²) in [4.78, 5) is 17.2. The molecule has 9 heteroatoms. The molecule has 2 aliphatic heterocycles. The van der Waals surface area contributed by atoms with Crippen LogP contribution in [0.1, 0.15) is 16.3 Å². The van der Waals surface area contributed by atoms with Gasteiger partial charge in [0.1, 0.15) is 16.5 Å². The Morgan fingerprint density at radius 3 is 2.80 bits per heavy atom. The minimum atomic E-state index is 0.0893. The second-order valence-corrected chi connectivity index (χ2v) is 9.19. The molecule has 0 bridgehead atoms. The standard InChI is InChI=1S/C21H28N6O2S/c1-15-16(2)30-21-19(15)20(23-18(24-21)14-25-6-9-28-10-7-25)26-8-11-29-17(12-26)13-27-5-3-4-22-27/h3-5,17H,6-14H2,1-2H3. The van der Waals surface area contributed by atoms with E-state index in [9.17, 15) is 0 Å². The summed E-state index contributed by atoms with van der Waals surface area (Å²) in [7, 11) is 0. The Hall–Kier alpha value is -2.07. The highest BCUT2D eigenvalue weighted by molar-refractivity contribution is 7.18. The normalized spacial score (nSPS) is 20.9. The van der Waals surface area contributed by atoms with Gasteiger partial charge in [-0.3, -0.25) is 9.58 Å². The lowest BCUT2D eigenvalue weighted by atomic mass is 10.2. The van der Waals surface area contributed by atoms with E-state index in [-0.39, 0.29) is 6.10 Å². The average molecular weight is 429 g/mol. The molecular weight excluding hydrogens is 400 g/mol. The summed E-state index contributed by atoms with van der Waals surface area (Å²) in [6.45, 7) is 11.6. The zero-order valence-corrected chi connectivity index (χ0v) is 18.4. The average Bonchev–Trinajstić information content (AvgIpc) is 3.36. The highest BCUT2D eigenvalue weighted by atomic mass is 32.1. The second kappa shape index (κ2) is 8.58. The third kappa shape index (κ3) is 4.07. The van der Waals surface area contributed by atoms with Crippen molar-refractivity contribution in [2.45, 2.75) is 33.0 Å². The molecule has 0 radical (unpaired) electrons. The second-order valence-electron chi connectivity index (χ2n) is 7.98. The Kier molecular flexibility index (Phi) is 5.68. The molecular formula is C21H28N6O2S. The SMILES string of the molecule is Cc1sc2nc(CN3CCOCC3)nc(N3CCOC(Cn4cccn4)C3)c2c1C. The number of aryl methyl sites for hydroxylation is 2. The molecule has 30 heavy (non-hydrogen) atoms. The number of anilines is 1. The van der Waals surface area contributed by atoms with Crippen LogP contribution in [0.4, 0.5) is 5.82 Å². The molecule has 0 saturated carbocycles. The quantitative estimate of drug-likeness (QED) is 0.617. The number of nitrogens with zero attached hydrogens (tertiary/aromatic N) is 6. The smallest absolute Gasteiger partial charge is 0.146 e. The van der Waals surface area contributed by atoms with Crippen molar-refractivity contribution in [3.05, 3.63) is 34.7 Å². The largest absolute Gasteiger partial charge is 0.379 e. The number of fused-ring (bicyclic) bond motifs is 1. The highest BCUT2D eigenvalue weighted by Gasteiger charge is 2.26. The fourth-order valence-electron chi connectivity index (χ4n) is 4.17. The Bertz CT molecular complexity index is 999. The van der Waals surface area contributed by atoms with E-state index >= 15 is 0 Å². The van der Waals surface area contributed by atoms with E-state index < -0.39 is 0 Å². The summed E-state index contributed by atoms with van der Waals surface area (Å²) in [5, 5.41) is 5.53. The molecule has 0 N–H and O–H groups in total. The van der Waals surface area contributed by atoms with Crippen LogP contribution in [0.5, 0.6) is 0 Å². The zero-order valence-electron chi connectivity index (χ0n) is 17.6. The topological polar surface area (TPSA) is 68.5 Å². The minimum Gasteiger partial charge on any atom is -0.379 e. The van der Waals surface area contributed by atoms with Crippen molar-refractivity contribution in [1.82, 2.24) is 24.6 Å². The van der Waals surface area contributed by atoms with Gasteiger partial charge in [0, 0.05) is 43.4 Å². The molecule has 3 aromatic rings. The number of hydrogen-bond donors (Lipinski definition) is 0. The van der Waals surface area contributed by atoms with Crippen LogP contribution in [0.3, 0.4) is 0 Å². The number of aromatic nitrogens is 4. The summed E-state index contributed by atoms with van der Waals surface area (Å²) in [6, 6.07) is 1.95. The summed E-state index contributed by atoms with van der Waals surface area (Å²) >= 11 is 1.77. The Balaban J connectivity index is 1.45. The third-order valence-corrected chi connectivity index (χ3v) is 7.01. The predicted octanol–water partition coefficient (Wildman–Crippen LogP) is 2.24. The van der Waals surface area contributed by atoms with Crippen LogP contribution >= 0.6 is 11.3 Å². The van der Waals surface area contributed by atoms with Crippen molar-refractivity contribution in [3.63, 3.8) is 0 Å². The minimum absolute atomic E-state index is 0.0893. The molecule has 0 amide bonds. The highest BCUT2D eigenvalue weighted by Crippen LogP contribution is 2.35. The molecule has 160 valence electrons. The molecule has 1 unspecified atom stereocenters. The maximum absolute atomic E-state index is 6.04. The summed E-state index contributed by atoms with van der Waals surface area (Å²) in [5.74, 6) is 1.95. The van der Waals surface area contributed by atoms with Crippen LogP contribution in [0.15, 0.2) is 18.5 Å². The fourth-order valence-corrected chi connectivity index (χ4v) is 5.21. The van der Waals surface area contributed by atoms with E-state index in [1.54, 1.807) is 11.3 Å². The molecule has 3 aromatic heterocycles. The molecule has 1 atom stereocenters. The van der Waals surface area contributed by atoms with Gasteiger partial charge in [-0.2, -0.15) is 5.10 Å². The Morgan fingerprint density at radius 2 is 2.00 bits per heavy atom. The third-order valence-electron chi connectivity index (χ3n) is 5.91. The van der Waals surface area contributed by atoms with Gasteiger partial charge in [0.2, 0.25) is 0 Å². The Labute approximate surface area is 180 Å². The van der Waals surface area contributed by atoms with Crippen molar-refractivity contribution in [3.8, 4) is 0 Å². The Morgan fingerprint density at radius 1 is 1.13 bits per heavy atom. The van der Waals surface area contributed by atoms with Crippen LogP contribution in [-0.4, -0.2) is 76.8 Å². The zero-order chi connectivity index (χ0) is 20.5. The van der Waals surface area contributed by atoms with Gasteiger partial charge in [-0.1, -0.05) is 0 Å². The first-order valence-electron chi connectivity index (χ1n) is 10.6. The van der Waals surface area contributed by atoms with Crippen molar-refractivity contribution in [2.24, 2.45) is 0 Å². The van der Waals surface area contributed by atoms with E-state index in [0.717, 1.165) is 69.0 Å². The van der Waals surface area contributed by atoms with Crippen LogP contribution in [0.2, 0.25) is 0 Å². The van der Waals surface area contributed by atoms with Gasteiger partial charge >= 0.3 is 0 Å². The maximum Gasteiger partial charge on any atom is 0.146 e. The summed E-state index contributed by atoms with van der Waals surface area (Å²) in [6.07, 6.45) is 3.88. The lowest BCUT2D eigenvalue weighted by Crippen LogP contribution is -2.45. The molecule has 5 heterocycles. The van der Waals surface area contributed by atoms with E-state index in [1.165, 1.54) is 15.8 Å². The van der Waals surface area contributed by atoms with Gasteiger partial charge in [0.15, 0.2) is 0 Å². The van der Waals surface area contributed by atoms with E-state index in [0.29, 0.717) is 6.61 Å². The van der Waals surface area contributed by atoms with Gasteiger partial charge in [0.25, 0.3) is 0 Å².